The van der Waals surface area contributed by atoms with Crippen molar-refractivity contribution in [3.63, 3.8) is 0 Å². The third-order valence-corrected chi connectivity index (χ3v) is 2.09. The normalized spacial score (nSPS) is 11.8. The number of hydrogen-bond donors (Lipinski definition) is 3. The molecular formula is C12H16N2O3. The van der Waals surface area contributed by atoms with Crippen molar-refractivity contribution >= 4 is 0 Å². The number of nitrogens with one attached hydrogen (secondary N) is 1. The smallest absolute Gasteiger partial charge is 0.119 e. The predicted molar refractivity (Wildman–Crippen MR) is 62.6 cm³/mol. The summed E-state index contributed by atoms with van der Waals surface area (Å²) in [5.74, 6) is 0.616. The Labute approximate surface area is 100 Å². The summed E-state index contributed by atoms with van der Waals surface area (Å²) >= 11 is 0. The van der Waals surface area contributed by atoms with Gasteiger partial charge < -0.3 is 20.3 Å². The lowest BCUT2D eigenvalue weighted by Crippen LogP contribution is -2.32. The van der Waals surface area contributed by atoms with Crippen LogP contribution in [-0.2, 0) is 0 Å². The van der Waals surface area contributed by atoms with Crippen LogP contribution in [0.1, 0.15) is 5.56 Å². The number of ether oxygens (including phenoxy) is 1. The molecule has 0 saturated heterocycles. The van der Waals surface area contributed by atoms with Crippen LogP contribution in [0.3, 0.4) is 0 Å². The number of rotatable bonds is 7. The molecule has 1 rings (SSSR count). The SMILES string of the molecule is N#Cc1ccc(OCC(O)CNCCO)cc1. The Morgan fingerprint density at radius 2 is 2.06 bits per heavy atom. The summed E-state index contributed by atoms with van der Waals surface area (Å²) in [6.45, 7) is 1.04. The number of aliphatic hydroxyl groups excluding tert-OH is 2. The molecule has 92 valence electrons. The molecule has 0 bridgehead atoms. The fourth-order valence-electron chi connectivity index (χ4n) is 1.22. The van der Waals surface area contributed by atoms with Gasteiger partial charge in [0.1, 0.15) is 18.5 Å². The number of hydrogen-bond acceptors (Lipinski definition) is 5. The summed E-state index contributed by atoms with van der Waals surface area (Å²) in [6, 6.07) is 8.71. The quantitative estimate of drug-likeness (QED) is 0.575. The van der Waals surface area contributed by atoms with Gasteiger partial charge in [-0.15, -0.1) is 0 Å². The second-order valence-electron chi connectivity index (χ2n) is 3.53. The zero-order valence-corrected chi connectivity index (χ0v) is 9.47. The van der Waals surface area contributed by atoms with Crippen LogP contribution in [0.2, 0.25) is 0 Å². The Kier molecular flexibility index (Phi) is 6.04. The molecule has 0 radical (unpaired) electrons. The molecule has 17 heavy (non-hydrogen) atoms. The van der Waals surface area contributed by atoms with Crippen molar-refractivity contribution in [2.24, 2.45) is 0 Å². The minimum absolute atomic E-state index is 0.0448. The molecule has 3 N–H and O–H groups in total. The Morgan fingerprint density at radius 3 is 2.65 bits per heavy atom. The van der Waals surface area contributed by atoms with Crippen molar-refractivity contribution in [2.45, 2.75) is 6.10 Å². The van der Waals surface area contributed by atoms with Crippen molar-refractivity contribution in [2.75, 3.05) is 26.3 Å². The highest BCUT2D eigenvalue weighted by Gasteiger charge is 2.04. The maximum Gasteiger partial charge on any atom is 0.119 e. The second-order valence-corrected chi connectivity index (χ2v) is 3.53. The highest BCUT2D eigenvalue weighted by Crippen LogP contribution is 2.11. The van der Waals surface area contributed by atoms with E-state index in [1.54, 1.807) is 24.3 Å². The van der Waals surface area contributed by atoms with Crippen molar-refractivity contribution in [1.82, 2.24) is 5.32 Å². The lowest BCUT2D eigenvalue weighted by Gasteiger charge is -2.12. The van der Waals surface area contributed by atoms with E-state index in [4.69, 9.17) is 15.1 Å². The maximum atomic E-state index is 9.52. The van der Waals surface area contributed by atoms with Crippen LogP contribution in [0.15, 0.2) is 24.3 Å². The molecule has 0 fully saturated rings. The van der Waals surface area contributed by atoms with E-state index in [9.17, 15) is 5.11 Å². The van der Waals surface area contributed by atoms with Crippen LogP contribution in [-0.4, -0.2) is 42.6 Å². The molecule has 0 heterocycles. The second kappa shape index (κ2) is 7.63. The Balaban J connectivity index is 2.27. The van der Waals surface area contributed by atoms with Gasteiger partial charge in [-0.3, -0.25) is 0 Å². The number of nitrogens with zero attached hydrogens (tertiary/aromatic N) is 1. The van der Waals surface area contributed by atoms with Gasteiger partial charge in [-0.05, 0) is 24.3 Å². The molecule has 1 unspecified atom stereocenters. The number of benzene rings is 1. The number of aliphatic hydroxyl groups is 2. The standard InChI is InChI=1S/C12H16N2O3/c13-7-10-1-3-12(4-2-10)17-9-11(16)8-14-5-6-15/h1-4,11,14-16H,5-6,8-9H2. The first-order valence-corrected chi connectivity index (χ1v) is 5.39. The van der Waals surface area contributed by atoms with E-state index in [-0.39, 0.29) is 13.2 Å². The molecule has 1 atom stereocenters. The van der Waals surface area contributed by atoms with Crippen molar-refractivity contribution in [1.29, 1.82) is 5.26 Å². The fourth-order valence-corrected chi connectivity index (χ4v) is 1.22. The minimum atomic E-state index is -0.628. The monoisotopic (exact) mass is 236 g/mol. The van der Waals surface area contributed by atoms with Gasteiger partial charge in [0, 0.05) is 13.1 Å². The summed E-state index contributed by atoms with van der Waals surface area (Å²) in [5, 5.41) is 29.5. The largest absolute Gasteiger partial charge is 0.491 e. The van der Waals surface area contributed by atoms with E-state index in [0.29, 0.717) is 24.4 Å². The Morgan fingerprint density at radius 1 is 1.35 bits per heavy atom. The van der Waals surface area contributed by atoms with Crippen molar-refractivity contribution < 1.29 is 14.9 Å². The van der Waals surface area contributed by atoms with E-state index in [2.05, 4.69) is 5.32 Å². The predicted octanol–water partition coefficient (Wildman–Crippen LogP) is -0.120. The van der Waals surface area contributed by atoms with E-state index < -0.39 is 6.10 Å². The van der Waals surface area contributed by atoms with Crippen LogP contribution in [0, 0.1) is 11.3 Å². The zero-order valence-electron chi connectivity index (χ0n) is 9.47. The van der Waals surface area contributed by atoms with E-state index in [1.165, 1.54) is 0 Å². The van der Waals surface area contributed by atoms with Crippen LogP contribution < -0.4 is 10.1 Å². The van der Waals surface area contributed by atoms with Crippen LogP contribution in [0.4, 0.5) is 0 Å². The van der Waals surface area contributed by atoms with Crippen LogP contribution in [0.25, 0.3) is 0 Å². The minimum Gasteiger partial charge on any atom is -0.491 e. The fraction of sp³-hybridized carbons (Fsp3) is 0.417. The lowest BCUT2D eigenvalue weighted by molar-refractivity contribution is 0.105. The van der Waals surface area contributed by atoms with Gasteiger partial charge in [-0.2, -0.15) is 5.26 Å². The first-order valence-electron chi connectivity index (χ1n) is 5.39. The van der Waals surface area contributed by atoms with Gasteiger partial charge in [0.25, 0.3) is 0 Å². The molecule has 0 aliphatic heterocycles. The number of nitriles is 1. The van der Waals surface area contributed by atoms with Gasteiger partial charge in [0.05, 0.1) is 18.2 Å². The molecule has 1 aromatic rings. The van der Waals surface area contributed by atoms with Crippen LogP contribution in [0.5, 0.6) is 5.75 Å². The van der Waals surface area contributed by atoms with Gasteiger partial charge in [0.15, 0.2) is 0 Å². The average Bonchev–Trinajstić information content (AvgIpc) is 2.37. The molecular weight excluding hydrogens is 220 g/mol. The summed E-state index contributed by atoms with van der Waals surface area (Å²) in [7, 11) is 0. The van der Waals surface area contributed by atoms with Gasteiger partial charge in [0.2, 0.25) is 0 Å². The van der Waals surface area contributed by atoms with E-state index >= 15 is 0 Å². The topological polar surface area (TPSA) is 85.5 Å². The molecule has 0 spiro atoms. The molecule has 0 aliphatic carbocycles. The third kappa shape index (κ3) is 5.31. The maximum absolute atomic E-state index is 9.52. The van der Waals surface area contributed by atoms with E-state index in [1.807, 2.05) is 6.07 Å². The highest BCUT2D eigenvalue weighted by molar-refractivity contribution is 5.34. The molecule has 0 aliphatic rings. The molecule has 5 nitrogen and oxygen atoms in total. The summed E-state index contributed by atoms with van der Waals surface area (Å²) < 4.78 is 5.34. The Hall–Kier alpha value is -1.61. The summed E-state index contributed by atoms with van der Waals surface area (Å²) in [4.78, 5) is 0. The molecule has 0 amide bonds. The molecule has 0 aromatic heterocycles. The first kappa shape index (κ1) is 13.5. The zero-order chi connectivity index (χ0) is 12.5. The van der Waals surface area contributed by atoms with Crippen molar-refractivity contribution in [3.8, 4) is 11.8 Å². The molecule has 5 heteroatoms. The molecule has 1 aromatic carbocycles. The average molecular weight is 236 g/mol. The summed E-state index contributed by atoms with van der Waals surface area (Å²) in [6.07, 6.45) is -0.628. The van der Waals surface area contributed by atoms with Gasteiger partial charge in [-0.1, -0.05) is 0 Å². The first-order chi connectivity index (χ1) is 8.26. The summed E-state index contributed by atoms with van der Waals surface area (Å²) in [5.41, 5.74) is 0.572. The van der Waals surface area contributed by atoms with E-state index in [0.717, 1.165) is 0 Å². The van der Waals surface area contributed by atoms with Crippen molar-refractivity contribution in [3.05, 3.63) is 29.8 Å². The highest BCUT2D eigenvalue weighted by atomic mass is 16.5. The third-order valence-electron chi connectivity index (χ3n) is 2.09. The van der Waals surface area contributed by atoms with Crippen LogP contribution >= 0.6 is 0 Å². The lowest BCUT2D eigenvalue weighted by atomic mass is 10.2. The van der Waals surface area contributed by atoms with Gasteiger partial charge in [-0.25, -0.2) is 0 Å². The van der Waals surface area contributed by atoms with Gasteiger partial charge >= 0.3 is 0 Å². The Bertz CT molecular complexity index is 359. The molecule has 0 saturated carbocycles.